The van der Waals surface area contributed by atoms with Crippen molar-refractivity contribution in [3.8, 4) is 0 Å². The Morgan fingerprint density at radius 2 is 1.71 bits per heavy atom. The van der Waals surface area contributed by atoms with Crippen LogP contribution in [0.5, 0.6) is 0 Å². The summed E-state index contributed by atoms with van der Waals surface area (Å²) in [7, 11) is 0. The second kappa shape index (κ2) is 9.86. The minimum absolute atomic E-state index is 0.0281. The Kier molecular flexibility index (Phi) is 6.80. The van der Waals surface area contributed by atoms with Gasteiger partial charge in [-0.1, -0.05) is 62.8 Å². The lowest BCUT2D eigenvalue weighted by molar-refractivity contribution is -0.166. The minimum atomic E-state index is -0.358. The Bertz CT molecular complexity index is 1130. The lowest BCUT2D eigenvalue weighted by atomic mass is 9.44. The molecule has 0 radical (unpaired) electrons. The van der Waals surface area contributed by atoms with Crippen molar-refractivity contribution >= 4 is 17.3 Å². The number of fused-ring (bicyclic) bond motifs is 5. The largest absolute Gasteiger partial charge is 0.300 e. The van der Waals surface area contributed by atoms with Crippen LogP contribution in [0.25, 0.3) is 0 Å². The molecule has 0 amide bonds. The molecule has 1 aromatic rings. The van der Waals surface area contributed by atoms with Gasteiger partial charge in [0.2, 0.25) is 0 Å². The first kappa shape index (κ1) is 26.2. The molecule has 3 nitrogen and oxygen atoms in total. The Labute approximate surface area is 229 Å². The zero-order chi connectivity index (χ0) is 26.7. The summed E-state index contributed by atoms with van der Waals surface area (Å²) in [6, 6.07) is 10.9. The van der Waals surface area contributed by atoms with Gasteiger partial charge in [0.25, 0.3) is 0 Å². The van der Waals surface area contributed by atoms with Crippen molar-refractivity contribution < 1.29 is 14.4 Å². The fourth-order valence-electron chi connectivity index (χ4n) is 10.1. The molecule has 0 spiro atoms. The van der Waals surface area contributed by atoms with Gasteiger partial charge < -0.3 is 0 Å². The highest BCUT2D eigenvalue weighted by Crippen LogP contribution is 2.66. The number of Topliss-reactive ketones (excluding diaryl/α,β-unsaturated/α-hetero) is 3. The molecule has 0 bridgehead atoms. The first-order chi connectivity index (χ1) is 18.2. The van der Waals surface area contributed by atoms with Crippen LogP contribution in [0.4, 0.5) is 0 Å². The maximum absolute atomic E-state index is 14.0. The van der Waals surface area contributed by atoms with Crippen molar-refractivity contribution in [2.45, 2.75) is 104 Å². The summed E-state index contributed by atoms with van der Waals surface area (Å²) in [5.74, 6) is 3.14. The molecule has 204 valence electrons. The summed E-state index contributed by atoms with van der Waals surface area (Å²) in [4.78, 5) is 39.9. The molecule has 0 N–H and O–H groups in total. The van der Waals surface area contributed by atoms with Crippen molar-refractivity contribution in [2.24, 2.45) is 46.3 Å². The number of benzene rings is 1. The van der Waals surface area contributed by atoms with E-state index in [1.807, 2.05) is 0 Å². The third-order valence-corrected chi connectivity index (χ3v) is 12.6. The summed E-state index contributed by atoms with van der Waals surface area (Å²) in [5, 5.41) is 0. The Balaban J connectivity index is 1.13. The van der Waals surface area contributed by atoms with Crippen molar-refractivity contribution in [3.05, 3.63) is 47.5 Å². The van der Waals surface area contributed by atoms with E-state index in [1.54, 1.807) is 5.57 Å². The number of carbonyl (C=O) groups is 3. The summed E-state index contributed by atoms with van der Waals surface area (Å²) in [6.07, 6.45) is 13.6. The van der Waals surface area contributed by atoms with Crippen molar-refractivity contribution in [2.75, 3.05) is 0 Å². The average Bonchev–Trinajstić information content (AvgIpc) is 3.28. The molecule has 3 heteroatoms. The van der Waals surface area contributed by atoms with E-state index in [0.29, 0.717) is 60.8 Å². The van der Waals surface area contributed by atoms with Gasteiger partial charge in [-0.05, 0) is 97.9 Å². The van der Waals surface area contributed by atoms with E-state index in [2.05, 4.69) is 57.2 Å². The fraction of sp³-hybridized carbons (Fsp3) is 0.686. The fourth-order valence-corrected chi connectivity index (χ4v) is 10.1. The maximum Gasteiger partial charge on any atom is 0.139 e. The van der Waals surface area contributed by atoms with Crippen LogP contribution in [0.3, 0.4) is 0 Å². The molecule has 5 aliphatic rings. The molecule has 1 unspecified atom stereocenters. The number of carbonyl (C=O) groups excluding carboxylic acids is 3. The summed E-state index contributed by atoms with van der Waals surface area (Å²) in [6.45, 7) is 6.92. The molecule has 6 rings (SSSR count). The Hall–Kier alpha value is -2.03. The van der Waals surface area contributed by atoms with Gasteiger partial charge in [0.15, 0.2) is 0 Å². The van der Waals surface area contributed by atoms with E-state index in [4.69, 9.17) is 0 Å². The molecule has 0 aliphatic heterocycles. The molecule has 0 aromatic heterocycles. The van der Waals surface area contributed by atoms with Crippen LogP contribution in [0.2, 0.25) is 0 Å². The zero-order valence-corrected chi connectivity index (χ0v) is 23.7. The van der Waals surface area contributed by atoms with Crippen LogP contribution in [-0.2, 0) is 14.4 Å². The summed E-state index contributed by atoms with van der Waals surface area (Å²) >= 11 is 0. The normalized spacial score (nSPS) is 41.7. The third-order valence-electron chi connectivity index (χ3n) is 12.6. The second-order valence-corrected chi connectivity index (χ2v) is 14.2. The van der Waals surface area contributed by atoms with E-state index >= 15 is 0 Å². The van der Waals surface area contributed by atoms with Crippen LogP contribution in [-0.4, -0.2) is 17.3 Å². The predicted octanol–water partition coefficient (Wildman–Crippen LogP) is 7.88. The first-order valence-corrected chi connectivity index (χ1v) is 15.5. The highest BCUT2D eigenvalue weighted by atomic mass is 16.1. The lowest BCUT2D eigenvalue weighted by Gasteiger charge is -2.58. The lowest BCUT2D eigenvalue weighted by Crippen LogP contribution is -2.60. The van der Waals surface area contributed by atoms with E-state index in [9.17, 15) is 14.4 Å². The van der Waals surface area contributed by atoms with E-state index < -0.39 is 0 Å². The molecule has 0 heterocycles. The molecule has 38 heavy (non-hydrogen) atoms. The summed E-state index contributed by atoms with van der Waals surface area (Å²) < 4.78 is 0. The number of hydrogen-bond donors (Lipinski definition) is 0. The molecule has 4 fully saturated rings. The zero-order valence-electron chi connectivity index (χ0n) is 23.7. The van der Waals surface area contributed by atoms with Crippen LogP contribution >= 0.6 is 0 Å². The average molecular weight is 515 g/mol. The number of allylic oxidation sites excluding steroid dienone is 2. The first-order valence-electron chi connectivity index (χ1n) is 15.5. The Morgan fingerprint density at radius 1 is 0.921 bits per heavy atom. The molecule has 5 aliphatic carbocycles. The van der Waals surface area contributed by atoms with Gasteiger partial charge in [0.05, 0.1) is 0 Å². The van der Waals surface area contributed by atoms with Gasteiger partial charge in [-0.3, -0.25) is 14.4 Å². The van der Waals surface area contributed by atoms with Crippen LogP contribution in [0.1, 0.15) is 109 Å². The summed E-state index contributed by atoms with van der Waals surface area (Å²) in [5.41, 5.74) is 2.68. The maximum atomic E-state index is 14.0. The van der Waals surface area contributed by atoms with E-state index in [-0.39, 0.29) is 34.5 Å². The van der Waals surface area contributed by atoms with Gasteiger partial charge in [-0.25, -0.2) is 0 Å². The van der Waals surface area contributed by atoms with Gasteiger partial charge >= 0.3 is 0 Å². The smallest absolute Gasteiger partial charge is 0.139 e. The van der Waals surface area contributed by atoms with Crippen LogP contribution < -0.4 is 0 Å². The van der Waals surface area contributed by atoms with Crippen LogP contribution in [0.15, 0.2) is 42.0 Å². The number of hydrogen-bond acceptors (Lipinski definition) is 3. The molecule has 1 aromatic carbocycles. The highest BCUT2D eigenvalue weighted by Gasteiger charge is 2.66. The quantitative estimate of drug-likeness (QED) is 0.376. The second-order valence-electron chi connectivity index (χ2n) is 14.2. The topological polar surface area (TPSA) is 51.2 Å². The minimum Gasteiger partial charge on any atom is -0.300 e. The van der Waals surface area contributed by atoms with Gasteiger partial charge in [-0.15, -0.1) is 0 Å². The third kappa shape index (κ3) is 4.18. The molecule has 9 atom stereocenters. The van der Waals surface area contributed by atoms with Crippen LogP contribution in [0, 0.1) is 46.3 Å². The van der Waals surface area contributed by atoms with Crippen molar-refractivity contribution in [3.63, 3.8) is 0 Å². The Morgan fingerprint density at radius 3 is 2.45 bits per heavy atom. The molecular formula is C35H46O3. The van der Waals surface area contributed by atoms with Gasteiger partial charge in [-0.2, -0.15) is 0 Å². The van der Waals surface area contributed by atoms with Crippen molar-refractivity contribution in [1.29, 1.82) is 0 Å². The monoisotopic (exact) mass is 514 g/mol. The van der Waals surface area contributed by atoms with Gasteiger partial charge in [0, 0.05) is 37.0 Å². The predicted molar refractivity (Wildman–Crippen MR) is 151 cm³/mol. The SMILES string of the molecule is C[C@H](CCC1=CCC(c2ccccc2)CC1)[C@H]1CC[C@H]2[C@@H]3C(=O)C[C@@H]4CC(=O)CC[C@]4(C)[C@H]3CC(=O)[C@]12C. The van der Waals surface area contributed by atoms with Crippen molar-refractivity contribution in [1.82, 2.24) is 0 Å². The highest BCUT2D eigenvalue weighted by molar-refractivity contribution is 5.93. The molecule has 0 saturated heterocycles. The van der Waals surface area contributed by atoms with Gasteiger partial charge in [0.1, 0.15) is 17.3 Å². The molecule has 4 saturated carbocycles. The number of rotatable bonds is 5. The van der Waals surface area contributed by atoms with E-state index in [1.165, 1.54) is 18.4 Å². The standard InChI is InChI=1S/C35H46O3/c1-22(9-10-23-11-13-25(14-12-23)24-7-5-4-6-8-24)28-15-16-29-33-30(21-32(38)35(28,29)3)34(2)18-17-27(36)19-26(34)20-31(33)37/h4-8,11,22,25-26,28-30,33H,9-10,12-21H2,1-3H3/t22-,25?,26+,28-,29+,30+,33+,34+,35-/m1/s1. The number of ketones is 3. The van der Waals surface area contributed by atoms with E-state index in [0.717, 1.165) is 38.5 Å². The molecular weight excluding hydrogens is 468 g/mol.